The fraction of sp³-hybridized carbons (Fsp3) is 0.0833. The number of aromatic hydroxyl groups is 1. The predicted molar refractivity (Wildman–Crippen MR) is 65.5 cm³/mol. The van der Waals surface area contributed by atoms with Crippen LogP contribution in [0, 0.1) is 0 Å². The van der Waals surface area contributed by atoms with E-state index in [1.54, 1.807) is 12.1 Å². The van der Waals surface area contributed by atoms with Crippen LogP contribution in [0.4, 0.5) is 0 Å². The molecule has 0 unspecified atom stereocenters. The van der Waals surface area contributed by atoms with Crippen molar-refractivity contribution in [1.29, 1.82) is 0 Å². The number of benzene rings is 1. The van der Waals surface area contributed by atoms with E-state index in [0.717, 1.165) is 0 Å². The molecule has 0 atom stereocenters. The second-order valence-corrected chi connectivity index (χ2v) is 3.77. The molecular weight excluding hydrogens is 256 g/mol. The lowest BCUT2D eigenvalue weighted by Gasteiger charge is -2.06. The van der Waals surface area contributed by atoms with Crippen LogP contribution in [0.25, 0.3) is 11.3 Å². The van der Waals surface area contributed by atoms with E-state index in [4.69, 9.17) is 11.6 Å². The van der Waals surface area contributed by atoms with Crippen molar-refractivity contribution in [3.8, 4) is 17.0 Å². The maximum Gasteiger partial charge on any atom is 0.337 e. The van der Waals surface area contributed by atoms with Gasteiger partial charge in [0.15, 0.2) is 0 Å². The van der Waals surface area contributed by atoms with Crippen LogP contribution >= 0.6 is 11.6 Å². The van der Waals surface area contributed by atoms with Gasteiger partial charge in [-0.15, -0.1) is 0 Å². The summed E-state index contributed by atoms with van der Waals surface area (Å²) in [6.07, 6.45) is 1.48. The summed E-state index contributed by atoms with van der Waals surface area (Å²) >= 11 is 5.67. The van der Waals surface area contributed by atoms with Crippen LogP contribution in [-0.4, -0.2) is 28.2 Å². The Hall–Kier alpha value is -2.14. The molecule has 0 saturated carbocycles. The van der Waals surface area contributed by atoms with E-state index in [1.165, 1.54) is 25.4 Å². The second kappa shape index (κ2) is 5.01. The first-order chi connectivity index (χ1) is 8.61. The Morgan fingerprint density at radius 3 is 2.78 bits per heavy atom. The molecule has 1 aromatic carbocycles. The van der Waals surface area contributed by atoms with Crippen LogP contribution in [0.15, 0.2) is 30.5 Å². The number of methoxy groups -OCH3 is 1. The highest BCUT2D eigenvalue weighted by Gasteiger charge is 2.11. The lowest BCUT2D eigenvalue weighted by atomic mass is 10.1. The van der Waals surface area contributed by atoms with Crippen LogP contribution in [-0.2, 0) is 4.74 Å². The first kappa shape index (κ1) is 12.3. The Bertz CT molecular complexity index is 602. The fourth-order valence-electron chi connectivity index (χ4n) is 1.48. The molecule has 2 aromatic rings. The fourth-order valence-corrected chi connectivity index (χ4v) is 1.63. The van der Waals surface area contributed by atoms with E-state index in [-0.39, 0.29) is 16.6 Å². The summed E-state index contributed by atoms with van der Waals surface area (Å²) in [6.45, 7) is 0. The number of rotatable bonds is 2. The van der Waals surface area contributed by atoms with Gasteiger partial charge < -0.3 is 9.84 Å². The highest BCUT2D eigenvalue weighted by molar-refractivity contribution is 6.28. The lowest BCUT2D eigenvalue weighted by molar-refractivity contribution is 0.0600. The van der Waals surface area contributed by atoms with E-state index in [0.29, 0.717) is 11.3 Å². The second-order valence-electron chi connectivity index (χ2n) is 3.43. The van der Waals surface area contributed by atoms with Crippen molar-refractivity contribution >= 4 is 17.6 Å². The number of hydrogen-bond donors (Lipinski definition) is 1. The zero-order valence-corrected chi connectivity index (χ0v) is 10.2. The number of esters is 1. The Labute approximate surface area is 108 Å². The SMILES string of the molecule is COC(=O)c1ccc(-c2ccnc(Cl)n2)c(O)c1. The number of carbonyl (C=O) groups excluding carboxylic acids is 1. The number of halogens is 1. The first-order valence-corrected chi connectivity index (χ1v) is 5.40. The molecule has 0 bridgehead atoms. The molecule has 1 aromatic heterocycles. The molecule has 0 radical (unpaired) electrons. The quantitative estimate of drug-likeness (QED) is 0.665. The standard InChI is InChI=1S/C12H9ClN2O3/c1-18-11(17)7-2-3-8(10(16)6-7)9-4-5-14-12(13)15-9/h2-6,16H,1H3. The maximum absolute atomic E-state index is 11.3. The van der Waals surface area contributed by atoms with Crippen molar-refractivity contribution in [3.63, 3.8) is 0 Å². The Kier molecular flexibility index (Phi) is 3.43. The van der Waals surface area contributed by atoms with Gasteiger partial charge in [0, 0.05) is 11.8 Å². The van der Waals surface area contributed by atoms with Gasteiger partial charge in [-0.1, -0.05) is 0 Å². The van der Waals surface area contributed by atoms with Crippen molar-refractivity contribution in [1.82, 2.24) is 9.97 Å². The molecule has 1 N–H and O–H groups in total. The molecule has 0 saturated heterocycles. The summed E-state index contributed by atoms with van der Waals surface area (Å²) in [6, 6.07) is 6.03. The molecule has 1 heterocycles. The zero-order valence-electron chi connectivity index (χ0n) is 9.42. The van der Waals surface area contributed by atoms with E-state index < -0.39 is 5.97 Å². The molecular formula is C12H9ClN2O3. The van der Waals surface area contributed by atoms with Gasteiger partial charge in [0.2, 0.25) is 5.28 Å². The van der Waals surface area contributed by atoms with E-state index >= 15 is 0 Å². The number of hydrogen-bond acceptors (Lipinski definition) is 5. The molecule has 0 aliphatic rings. The predicted octanol–water partition coefficient (Wildman–Crippen LogP) is 2.29. The van der Waals surface area contributed by atoms with Gasteiger partial charge in [-0.3, -0.25) is 0 Å². The number of ether oxygens (including phenoxy) is 1. The summed E-state index contributed by atoms with van der Waals surface area (Å²) in [7, 11) is 1.28. The van der Waals surface area contributed by atoms with E-state index in [2.05, 4.69) is 14.7 Å². The minimum absolute atomic E-state index is 0.0762. The van der Waals surface area contributed by atoms with Gasteiger partial charge in [0.05, 0.1) is 18.4 Å². The van der Waals surface area contributed by atoms with Crippen LogP contribution in [0.5, 0.6) is 5.75 Å². The summed E-state index contributed by atoms with van der Waals surface area (Å²) in [5, 5.41) is 9.96. The summed E-state index contributed by atoms with van der Waals surface area (Å²) in [5.41, 5.74) is 1.20. The third-order valence-electron chi connectivity index (χ3n) is 2.32. The average molecular weight is 265 g/mol. The number of phenolic OH excluding ortho intramolecular Hbond substituents is 1. The van der Waals surface area contributed by atoms with Crippen LogP contribution in [0.2, 0.25) is 5.28 Å². The zero-order chi connectivity index (χ0) is 13.1. The van der Waals surface area contributed by atoms with Gasteiger partial charge in [-0.25, -0.2) is 14.8 Å². The van der Waals surface area contributed by atoms with Crippen molar-refractivity contribution in [2.24, 2.45) is 0 Å². The Morgan fingerprint density at radius 1 is 1.39 bits per heavy atom. The van der Waals surface area contributed by atoms with Crippen molar-refractivity contribution in [2.45, 2.75) is 0 Å². The summed E-state index contributed by atoms with van der Waals surface area (Å²) in [5.74, 6) is -0.592. The Morgan fingerprint density at radius 2 is 2.17 bits per heavy atom. The lowest BCUT2D eigenvalue weighted by Crippen LogP contribution is -2.00. The molecule has 0 aliphatic carbocycles. The molecule has 6 heteroatoms. The average Bonchev–Trinajstić information content (AvgIpc) is 2.37. The minimum Gasteiger partial charge on any atom is -0.507 e. The summed E-state index contributed by atoms with van der Waals surface area (Å²) in [4.78, 5) is 19.0. The van der Waals surface area contributed by atoms with Crippen LogP contribution < -0.4 is 0 Å². The van der Waals surface area contributed by atoms with Gasteiger partial charge in [0.1, 0.15) is 5.75 Å². The molecule has 92 valence electrons. The maximum atomic E-state index is 11.3. The first-order valence-electron chi connectivity index (χ1n) is 5.02. The summed E-state index contributed by atoms with van der Waals surface area (Å²) < 4.78 is 4.56. The third-order valence-corrected chi connectivity index (χ3v) is 2.50. The number of phenols is 1. The van der Waals surface area contributed by atoms with Crippen LogP contribution in [0.1, 0.15) is 10.4 Å². The van der Waals surface area contributed by atoms with Crippen LogP contribution in [0.3, 0.4) is 0 Å². The normalized spacial score (nSPS) is 10.1. The number of nitrogens with zero attached hydrogens (tertiary/aromatic N) is 2. The molecule has 0 aliphatic heterocycles. The highest BCUT2D eigenvalue weighted by atomic mass is 35.5. The van der Waals surface area contributed by atoms with E-state index in [1.807, 2.05) is 0 Å². The van der Waals surface area contributed by atoms with Crippen molar-refractivity contribution < 1.29 is 14.6 Å². The van der Waals surface area contributed by atoms with Crippen molar-refractivity contribution in [3.05, 3.63) is 41.3 Å². The highest BCUT2D eigenvalue weighted by Crippen LogP contribution is 2.29. The molecule has 0 spiro atoms. The van der Waals surface area contributed by atoms with Gasteiger partial charge in [0.25, 0.3) is 0 Å². The minimum atomic E-state index is -0.516. The van der Waals surface area contributed by atoms with Gasteiger partial charge in [-0.2, -0.15) is 0 Å². The monoisotopic (exact) mass is 264 g/mol. The largest absolute Gasteiger partial charge is 0.507 e. The smallest absolute Gasteiger partial charge is 0.337 e. The molecule has 18 heavy (non-hydrogen) atoms. The number of aromatic nitrogens is 2. The topological polar surface area (TPSA) is 72.3 Å². The van der Waals surface area contributed by atoms with Gasteiger partial charge >= 0.3 is 5.97 Å². The molecule has 0 fully saturated rings. The van der Waals surface area contributed by atoms with Crippen molar-refractivity contribution in [2.75, 3.05) is 7.11 Å². The third kappa shape index (κ3) is 2.41. The molecule has 0 amide bonds. The van der Waals surface area contributed by atoms with Gasteiger partial charge in [-0.05, 0) is 35.9 Å². The van der Waals surface area contributed by atoms with E-state index in [9.17, 15) is 9.90 Å². The number of carbonyl (C=O) groups is 1. The molecule has 2 rings (SSSR count). The molecule has 5 nitrogen and oxygen atoms in total. The Balaban J connectivity index is 2.45.